The molecule has 0 amide bonds. The summed E-state index contributed by atoms with van der Waals surface area (Å²) in [6.45, 7) is 0. The molecular weight excluding hydrogens is 235 g/mol. The van der Waals surface area contributed by atoms with E-state index in [2.05, 4.69) is 0 Å². The zero-order chi connectivity index (χ0) is 12.5. The molecule has 0 radical (unpaired) electrons. The van der Waals surface area contributed by atoms with Crippen LogP contribution in [0.25, 0.3) is 6.08 Å². The van der Waals surface area contributed by atoms with Crippen LogP contribution in [0.15, 0.2) is 6.08 Å². The molecule has 1 N–H and O–H groups in total. The summed E-state index contributed by atoms with van der Waals surface area (Å²) >= 11 is 0. The van der Waals surface area contributed by atoms with Crippen LogP contribution in [0.5, 0.6) is 0 Å². The predicted octanol–water partition coefficient (Wildman–Crippen LogP) is 2.48. The molecule has 0 saturated heterocycles. The van der Waals surface area contributed by atoms with E-state index in [0.29, 0.717) is 6.08 Å². The van der Waals surface area contributed by atoms with E-state index in [9.17, 15) is 26.7 Å². The van der Waals surface area contributed by atoms with Gasteiger partial charge in [-0.2, -0.15) is 0 Å². The van der Waals surface area contributed by atoms with Crippen LogP contribution < -0.4 is 0 Å². The minimum atomic E-state index is -2.29. The smallest absolute Gasteiger partial charge is 0.328 e. The molecule has 0 saturated carbocycles. The Morgan fingerprint density at radius 3 is 1.62 bits per heavy atom. The fourth-order valence-electron chi connectivity index (χ4n) is 0.923. The first-order chi connectivity index (χ1) is 7.36. The first-order valence-corrected chi connectivity index (χ1v) is 3.78. The van der Waals surface area contributed by atoms with Crippen molar-refractivity contribution in [2.24, 2.45) is 0 Å². The minimum Gasteiger partial charge on any atom is -0.478 e. The second kappa shape index (κ2) is 4.30. The lowest BCUT2D eigenvalue weighted by atomic mass is 10.1. The molecule has 0 heterocycles. The number of rotatable bonds is 2. The Bertz CT molecular complexity index is 452. The number of hydrogen-bond acceptors (Lipinski definition) is 1. The normalized spacial score (nSPS) is 11.1. The second-order valence-electron chi connectivity index (χ2n) is 2.66. The Morgan fingerprint density at radius 2 is 1.25 bits per heavy atom. The van der Waals surface area contributed by atoms with E-state index < -0.39 is 40.6 Å². The Hall–Kier alpha value is -1.92. The van der Waals surface area contributed by atoms with Gasteiger partial charge in [-0.25, -0.2) is 26.7 Å². The summed E-state index contributed by atoms with van der Waals surface area (Å²) in [5.74, 6) is -12.3. The van der Waals surface area contributed by atoms with Gasteiger partial charge in [0.15, 0.2) is 23.3 Å². The first kappa shape index (κ1) is 12.2. The van der Waals surface area contributed by atoms with Gasteiger partial charge in [0.25, 0.3) is 0 Å². The first-order valence-electron chi connectivity index (χ1n) is 3.78. The lowest BCUT2D eigenvalue weighted by Crippen LogP contribution is -2.04. The summed E-state index contributed by atoms with van der Waals surface area (Å²) in [7, 11) is 0. The quantitative estimate of drug-likeness (QED) is 0.372. The van der Waals surface area contributed by atoms with Crippen LogP contribution in [0, 0.1) is 29.1 Å². The largest absolute Gasteiger partial charge is 0.478 e. The molecular formula is C9H3F5O2. The van der Waals surface area contributed by atoms with Gasteiger partial charge in [-0.05, 0) is 6.08 Å². The van der Waals surface area contributed by atoms with Crippen LogP contribution in [-0.2, 0) is 4.79 Å². The SMILES string of the molecule is O=C(O)/C=C/c1c(F)c(F)c(F)c(F)c1F. The molecule has 2 nitrogen and oxygen atoms in total. The van der Waals surface area contributed by atoms with Crippen molar-refractivity contribution in [3.8, 4) is 0 Å². The highest BCUT2D eigenvalue weighted by molar-refractivity contribution is 5.85. The zero-order valence-corrected chi connectivity index (χ0v) is 7.40. The minimum absolute atomic E-state index is 0.262. The standard InChI is InChI=1S/C9H3F5O2/c10-5-3(1-2-4(15)16)6(11)8(13)9(14)7(5)12/h1-2H,(H,15,16)/b2-1+. The van der Waals surface area contributed by atoms with Crippen LogP contribution >= 0.6 is 0 Å². The van der Waals surface area contributed by atoms with Crippen molar-refractivity contribution in [1.82, 2.24) is 0 Å². The van der Waals surface area contributed by atoms with Gasteiger partial charge in [-0.15, -0.1) is 0 Å². The molecule has 1 aromatic rings. The van der Waals surface area contributed by atoms with Crippen molar-refractivity contribution < 1.29 is 31.9 Å². The summed E-state index contributed by atoms with van der Waals surface area (Å²) < 4.78 is 63.5. The molecule has 1 rings (SSSR count). The summed E-state index contributed by atoms with van der Waals surface area (Å²) in [6, 6.07) is 0. The van der Waals surface area contributed by atoms with Gasteiger partial charge in [0.05, 0.1) is 5.56 Å². The number of benzene rings is 1. The number of aliphatic carboxylic acids is 1. The fraction of sp³-hybridized carbons (Fsp3) is 0. The molecule has 16 heavy (non-hydrogen) atoms. The maximum absolute atomic E-state index is 12.9. The second-order valence-corrected chi connectivity index (χ2v) is 2.66. The van der Waals surface area contributed by atoms with E-state index in [-0.39, 0.29) is 6.08 Å². The number of hydrogen-bond donors (Lipinski definition) is 1. The van der Waals surface area contributed by atoms with Crippen molar-refractivity contribution >= 4 is 12.0 Å². The highest BCUT2D eigenvalue weighted by Gasteiger charge is 2.24. The van der Waals surface area contributed by atoms with Crippen molar-refractivity contribution in [1.29, 1.82) is 0 Å². The van der Waals surface area contributed by atoms with E-state index in [0.717, 1.165) is 0 Å². The maximum atomic E-state index is 12.9. The summed E-state index contributed by atoms with van der Waals surface area (Å²) in [4.78, 5) is 10.0. The van der Waals surface area contributed by atoms with Gasteiger partial charge in [-0.1, -0.05) is 0 Å². The molecule has 0 bridgehead atoms. The van der Waals surface area contributed by atoms with E-state index in [1.54, 1.807) is 0 Å². The lowest BCUT2D eigenvalue weighted by Gasteiger charge is -2.03. The summed E-state index contributed by atoms with van der Waals surface area (Å²) in [5.41, 5.74) is -1.29. The third-order valence-corrected chi connectivity index (χ3v) is 1.64. The maximum Gasteiger partial charge on any atom is 0.328 e. The van der Waals surface area contributed by atoms with Gasteiger partial charge < -0.3 is 5.11 Å². The third-order valence-electron chi connectivity index (χ3n) is 1.64. The molecule has 0 atom stereocenters. The lowest BCUT2D eigenvalue weighted by molar-refractivity contribution is -0.131. The predicted molar refractivity (Wildman–Crippen MR) is 42.9 cm³/mol. The highest BCUT2D eigenvalue weighted by atomic mass is 19.2. The highest BCUT2D eigenvalue weighted by Crippen LogP contribution is 2.23. The van der Waals surface area contributed by atoms with E-state index >= 15 is 0 Å². The van der Waals surface area contributed by atoms with Crippen LogP contribution in [0.1, 0.15) is 5.56 Å². The number of halogens is 5. The Kier molecular flexibility index (Phi) is 3.26. The Labute approximate surface area is 85.6 Å². The Balaban J connectivity index is 3.45. The molecule has 0 aromatic heterocycles. The molecule has 1 aromatic carbocycles. The average molecular weight is 238 g/mol. The summed E-state index contributed by atoms with van der Waals surface area (Å²) in [5, 5.41) is 8.16. The van der Waals surface area contributed by atoms with Gasteiger partial charge >= 0.3 is 5.97 Å². The van der Waals surface area contributed by atoms with Crippen molar-refractivity contribution in [2.75, 3.05) is 0 Å². The van der Waals surface area contributed by atoms with E-state index in [1.165, 1.54) is 0 Å². The molecule has 0 aliphatic heterocycles. The Morgan fingerprint density at radius 1 is 0.875 bits per heavy atom. The van der Waals surface area contributed by atoms with Crippen LogP contribution in [-0.4, -0.2) is 11.1 Å². The number of carboxylic acids is 1. The average Bonchev–Trinajstić information content (AvgIpc) is 2.23. The van der Waals surface area contributed by atoms with E-state index in [1.807, 2.05) is 0 Å². The summed E-state index contributed by atoms with van der Waals surface area (Å²) in [6.07, 6.45) is 0.552. The van der Waals surface area contributed by atoms with Gasteiger partial charge in [0.2, 0.25) is 5.82 Å². The fourth-order valence-corrected chi connectivity index (χ4v) is 0.923. The van der Waals surface area contributed by atoms with Crippen LogP contribution in [0.3, 0.4) is 0 Å². The molecule has 7 heteroatoms. The van der Waals surface area contributed by atoms with Crippen molar-refractivity contribution in [3.05, 3.63) is 40.7 Å². The van der Waals surface area contributed by atoms with Gasteiger partial charge in [0, 0.05) is 6.08 Å². The van der Waals surface area contributed by atoms with Crippen LogP contribution in [0.4, 0.5) is 22.0 Å². The van der Waals surface area contributed by atoms with Crippen molar-refractivity contribution in [2.45, 2.75) is 0 Å². The molecule has 86 valence electrons. The van der Waals surface area contributed by atoms with Crippen LogP contribution in [0.2, 0.25) is 0 Å². The zero-order valence-electron chi connectivity index (χ0n) is 7.40. The van der Waals surface area contributed by atoms with E-state index in [4.69, 9.17) is 5.11 Å². The van der Waals surface area contributed by atoms with Gasteiger partial charge in [-0.3, -0.25) is 0 Å². The monoisotopic (exact) mass is 238 g/mol. The number of carboxylic acid groups (broad SMARTS) is 1. The molecule has 0 fully saturated rings. The molecule has 0 aliphatic rings. The molecule has 0 aliphatic carbocycles. The van der Waals surface area contributed by atoms with Crippen molar-refractivity contribution in [3.63, 3.8) is 0 Å². The third kappa shape index (κ3) is 2.02. The molecule has 0 unspecified atom stereocenters. The van der Waals surface area contributed by atoms with Gasteiger partial charge in [0.1, 0.15) is 0 Å². The number of carbonyl (C=O) groups is 1. The topological polar surface area (TPSA) is 37.3 Å². The molecule has 0 spiro atoms.